The van der Waals surface area contributed by atoms with E-state index in [9.17, 15) is 23.1 Å². The van der Waals surface area contributed by atoms with Crippen molar-refractivity contribution in [1.82, 2.24) is 0 Å². The molecule has 0 aliphatic carbocycles. The maximum Gasteiger partial charge on any atom is 0.416 e. The molecule has 0 unspecified atom stereocenters. The Bertz CT molecular complexity index is 677. The first-order valence-corrected chi connectivity index (χ1v) is 6.14. The number of hydrogen-bond donors (Lipinski definition) is 1. The number of anilines is 1. The molecule has 0 spiro atoms. The molecule has 0 bridgehead atoms. The van der Waals surface area contributed by atoms with Crippen molar-refractivity contribution in [2.45, 2.75) is 6.18 Å². The third-order valence-electron chi connectivity index (χ3n) is 2.77. The molecule has 0 aliphatic rings. The summed E-state index contributed by atoms with van der Waals surface area (Å²) in [5.74, 6) is -1.28. The van der Waals surface area contributed by atoms with Crippen LogP contribution < -0.4 is 10.5 Å². The zero-order valence-corrected chi connectivity index (χ0v) is 11.1. The van der Waals surface area contributed by atoms with E-state index in [4.69, 9.17) is 0 Å². The molecule has 0 aromatic heterocycles. The Morgan fingerprint density at radius 3 is 2.14 bits per heavy atom. The van der Waals surface area contributed by atoms with Gasteiger partial charge in [0, 0.05) is 0 Å². The fourth-order valence-corrected chi connectivity index (χ4v) is 1.62. The van der Waals surface area contributed by atoms with Gasteiger partial charge >= 0.3 is 6.18 Å². The lowest BCUT2D eigenvalue weighted by molar-refractivity contribution is -0.255. The molecule has 0 aliphatic heterocycles. The highest BCUT2D eigenvalue weighted by atomic mass is 19.4. The molecule has 0 radical (unpaired) electrons. The van der Waals surface area contributed by atoms with Crippen LogP contribution in [0.15, 0.2) is 53.6 Å². The molecule has 0 fully saturated rings. The number of carbonyl (C=O) groups is 1. The molecule has 4 nitrogen and oxygen atoms in total. The number of benzene rings is 2. The van der Waals surface area contributed by atoms with Gasteiger partial charge < -0.3 is 9.90 Å². The number of carboxylic acids is 1. The number of halogens is 3. The Morgan fingerprint density at radius 2 is 1.64 bits per heavy atom. The largest absolute Gasteiger partial charge is 0.545 e. The highest BCUT2D eigenvalue weighted by molar-refractivity contribution is 5.86. The number of carboxylic acid groups (broad SMARTS) is 1. The third-order valence-corrected chi connectivity index (χ3v) is 2.77. The number of carbonyl (C=O) groups excluding carboxylic acids is 1. The smallest absolute Gasteiger partial charge is 0.416 e. The number of hydrazone groups is 1. The summed E-state index contributed by atoms with van der Waals surface area (Å²) in [5, 5.41) is 14.4. The lowest BCUT2D eigenvalue weighted by Gasteiger charge is -2.06. The predicted molar refractivity (Wildman–Crippen MR) is 73.4 cm³/mol. The van der Waals surface area contributed by atoms with Crippen LogP contribution in [0.25, 0.3) is 0 Å². The molecule has 2 rings (SSSR count). The molecule has 0 atom stereocenters. The van der Waals surface area contributed by atoms with Gasteiger partial charge in [-0.1, -0.05) is 24.3 Å². The van der Waals surface area contributed by atoms with Crippen molar-refractivity contribution < 1.29 is 23.1 Å². The van der Waals surface area contributed by atoms with Gasteiger partial charge in [0.05, 0.1) is 23.4 Å². The van der Waals surface area contributed by atoms with E-state index in [0.29, 0.717) is 11.3 Å². The normalized spacial score (nSPS) is 11.6. The summed E-state index contributed by atoms with van der Waals surface area (Å²) in [6.07, 6.45) is -3.01. The number of hydrogen-bond acceptors (Lipinski definition) is 4. The Kier molecular flexibility index (Phi) is 4.45. The minimum absolute atomic E-state index is 0.0391. The second-order valence-electron chi connectivity index (χ2n) is 4.35. The van der Waals surface area contributed by atoms with Gasteiger partial charge in [0.25, 0.3) is 0 Å². The molecule has 114 valence electrons. The van der Waals surface area contributed by atoms with Crippen molar-refractivity contribution in [3.05, 3.63) is 65.2 Å². The molecule has 0 saturated heterocycles. The van der Waals surface area contributed by atoms with Crippen LogP contribution in [0.3, 0.4) is 0 Å². The topological polar surface area (TPSA) is 64.5 Å². The number of nitrogens with zero attached hydrogens (tertiary/aromatic N) is 1. The molecule has 22 heavy (non-hydrogen) atoms. The minimum atomic E-state index is -4.37. The summed E-state index contributed by atoms with van der Waals surface area (Å²) in [7, 11) is 0. The van der Waals surface area contributed by atoms with Gasteiger partial charge in [-0.15, -0.1) is 0 Å². The zero-order valence-electron chi connectivity index (χ0n) is 11.1. The molecule has 2 aromatic carbocycles. The summed E-state index contributed by atoms with van der Waals surface area (Å²) in [4.78, 5) is 10.6. The van der Waals surface area contributed by atoms with E-state index in [1.807, 2.05) is 0 Å². The quantitative estimate of drug-likeness (QED) is 0.697. The highest BCUT2D eigenvalue weighted by Gasteiger charge is 2.29. The Morgan fingerprint density at radius 1 is 1.05 bits per heavy atom. The van der Waals surface area contributed by atoms with Crippen LogP contribution in [0.4, 0.5) is 18.9 Å². The molecule has 0 saturated carbocycles. The summed E-state index contributed by atoms with van der Waals surface area (Å²) in [6, 6.07) is 10.2. The molecular formula is C15H10F3N2O2-. The first-order chi connectivity index (χ1) is 10.4. The van der Waals surface area contributed by atoms with Crippen molar-refractivity contribution in [2.24, 2.45) is 5.10 Å². The van der Waals surface area contributed by atoms with Gasteiger partial charge in [0.2, 0.25) is 0 Å². The predicted octanol–water partition coefficient (Wildman–Crippen LogP) is 2.51. The molecule has 0 amide bonds. The van der Waals surface area contributed by atoms with Gasteiger partial charge in [0.15, 0.2) is 0 Å². The van der Waals surface area contributed by atoms with Gasteiger partial charge in [-0.3, -0.25) is 5.43 Å². The number of nitrogens with one attached hydrogen (secondary N) is 1. The molecule has 7 heteroatoms. The van der Waals surface area contributed by atoms with Crippen LogP contribution in [-0.2, 0) is 6.18 Å². The van der Waals surface area contributed by atoms with Crippen LogP contribution in [0.5, 0.6) is 0 Å². The van der Waals surface area contributed by atoms with Gasteiger partial charge in [-0.25, -0.2) is 0 Å². The van der Waals surface area contributed by atoms with Crippen molar-refractivity contribution in [1.29, 1.82) is 0 Å². The average molecular weight is 307 g/mol. The lowest BCUT2D eigenvalue weighted by Crippen LogP contribution is -2.21. The van der Waals surface area contributed by atoms with Gasteiger partial charge in [-0.05, 0) is 35.4 Å². The second kappa shape index (κ2) is 6.30. The maximum atomic E-state index is 12.4. The fraction of sp³-hybridized carbons (Fsp3) is 0.0667. The molecule has 0 heterocycles. The van der Waals surface area contributed by atoms with E-state index in [-0.39, 0.29) is 5.56 Å². The van der Waals surface area contributed by atoms with Crippen LogP contribution in [0.2, 0.25) is 0 Å². The van der Waals surface area contributed by atoms with Crippen molar-refractivity contribution in [3.8, 4) is 0 Å². The van der Waals surface area contributed by atoms with E-state index in [0.717, 1.165) is 12.1 Å². The molecular weight excluding hydrogens is 297 g/mol. The first-order valence-electron chi connectivity index (χ1n) is 6.14. The number of alkyl halides is 3. The maximum absolute atomic E-state index is 12.4. The van der Waals surface area contributed by atoms with E-state index in [2.05, 4.69) is 10.5 Å². The number of aromatic carboxylic acids is 1. The standard InChI is InChI=1S/C15H11F3N2O2/c16-15(17,18)12-5-1-10(2-6-12)9-19-20-13-7-3-11(4-8-13)14(21)22/h1-9,20H,(H,21,22)/p-1/b19-9-. The average Bonchev–Trinajstić information content (AvgIpc) is 2.47. The van der Waals surface area contributed by atoms with Crippen molar-refractivity contribution in [3.63, 3.8) is 0 Å². The summed E-state index contributed by atoms with van der Waals surface area (Å²) < 4.78 is 37.2. The Hall–Kier alpha value is -2.83. The second-order valence-corrected chi connectivity index (χ2v) is 4.35. The Labute approximate surface area is 123 Å². The fourth-order valence-electron chi connectivity index (χ4n) is 1.62. The minimum Gasteiger partial charge on any atom is -0.545 e. The van der Waals surface area contributed by atoms with Crippen molar-refractivity contribution >= 4 is 17.9 Å². The molecule has 2 aromatic rings. The van der Waals surface area contributed by atoms with Crippen LogP contribution in [0.1, 0.15) is 21.5 Å². The highest BCUT2D eigenvalue weighted by Crippen LogP contribution is 2.28. The van der Waals surface area contributed by atoms with E-state index in [1.54, 1.807) is 0 Å². The van der Waals surface area contributed by atoms with Crippen molar-refractivity contribution in [2.75, 3.05) is 5.43 Å². The zero-order chi connectivity index (χ0) is 16.2. The summed E-state index contributed by atoms with van der Waals surface area (Å²) in [5.41, 5.74) is 2.98. The van der Waals surface area contributed by atoms with Crippen LogP contribution in [0, 0.1) is 0 Å². The summed E-state index contributed by atoms with van der Waals surface area (Å²) >= 11 is 0. The molecule has 1 N–H and O–H groups in total. The Balaban J connectivity index is 1.99. The van der Waals surface area contributed by atoms with E-state index >= 15 is 0 Å². The summed E-state index contributed by atoms with van der Waals surface area (Å²) in [6.45, 7) is 0. The van der Waals surface area contributed by atoms with Crippen LogP contribution in [-0.4, -0.2) is 12.2 Å². The lowest BCUT2D eigenvalue weighted by atomic mass is 10.1. The van der Waals surface area contributed by atoms with Gasteiger partial charge in [0.1, 0.15) is 0 Å². The van der Waals surface area contributed by atoms with E-state index < -0.39 is 17.7 Å². The number of rotatable bonds is 4. The van der Waals surface area contributed by atoms with Crippen LogP contribution >= 0.6 is 0 Å². The first kappa shape index (κ1) is 15.6. The third kappa shape index (κ3) is 4.08. The SMILES string of the molecule is O=C([O-])c1ccc(N/N=C\c2ccc(C(F)(F)F)cc2)cc1. The monoisotopic (exact) mass is 307 g/mol. The van der Waals surface area contributed by atoms with E-state index in [1.165, 1.54) is 42.6 Å². The van der Waals surface area contributed by atoms with Gasteiger partial charge in [-0.2, -0.15) is 18.3 Å².